The average molecular weight is 229 g/mol. The van der Waals surface area contributed by atoms with Crippen molar-refractivity contribution in [2.24, 2.45) is 4.99 Å². The molecule has 2 nitrogen and oxygen atoms in total. The zero-order chi connectivity index (χ0) is 11.4. The molecule has 0 heterocycles. The summed E-state index contributed by atoms with van der Waals surface area (Å²) < 4.78 is 41.0. The molecule has 0 aromatic carbocycles. The SMILES string of the molecule is CCOC(=NC(C)(C)C)PC(F)(F)F. The maximum absolute atomic E-state index is 12.1. The second-order valence-electron chi connectivity index (χ2n) is 3.64. The Hall–Kier alpha value is -0.310. The summed E-state index contributed by atoms with van der Waals surface area (Å²) in [5.74, 6) is -4.24. The van der Waals surface area contributed by atoms with E-state index in [1.165, 1.54) is 0 Å². The molecule has 0 bridgehead atoms. The lowest BCUT2D eigenvalue weighted by Gasteiger charge is -2.16. The Morgan fingerprint density at radius 2 is 1.79 bits per heavy atom. The van der Waals surface area contributed by atoms with Crippen molar-refractivity contribution in [2.45, 2.75) is 39.2 Å². The van der Waals surface area contributed by atoms with Crippen LogP contribution in [0, 0.1) is 0 Å². The Balaban J connectivity index is 4.53. The molecule has 0 fully saturated rings. The Morgan fingerprint density at radius 1 is 1.29 bits per heavy atom. The van der Waals surface area contributed by atoms with Crippen molar-refractivity contribution in [3.05, 3.63) is 0 Å². The predicted molar refractivity (Wildman–Crippen MR) is 53.2 cm³/mol. The quantitative estimate of drug-likeness (QED) is 0.404. The summed E-state index contributed by atoms with van der Waals surface area (Å²) in [6, 6.07) is 0. The number of halogens is 3. The Morgan fingerprint density at radius 3 is 2.07 bits per heavy atom. The van der Waals surface area contributed by atoms with Crippen molar-refractivity contribution in [1.29, 1.82) is 0 Å². The third-order valence-electron chi connectivity index (χ3n) is 0.967. The Kier molecular flexibility index (Phi) is 4.85. The molecule has 0 aliphatic heterocycles. The van der Waals surface area contributed by atoms with E-state index in [9.17, 15) is 13.2 Å². The predicted octanol–water partition coefficient (Wildman–Crippen LogP) is 3.38. The monoisotopic (exact) mass is 229 g/mol. The van der Waals surface area contributed by atoms with Gasteiger partial charge in [-0.15, -0.1) is 0 Å². The number of alkyl halides is 3. The number of aliphatic imine (C=N–C) groups is 1. The highest BCUT2D eigenvalue weighted by Gasteiger charge is 2.31. The molecule has 1 unspecified atom stereocenters. The van der Waals surface area contributed by atoms with Gasteiger partial charge in [-0.1, -0.05) is 0 Å². The van der Waals surface area contributed by atoms with Crippen LogP contribution in [0.2, 0.25) is 0 Å². The molecule has 0 aromatic rings. The van der Waals surface area contributed by atoms with Gasteiger partial charge in [-0.3, -0.25) is 0 Å². The summed E-state index contributed by atoms with van der Waals surface area (Å²) in [6.07, 6.45) is 0. The first-order chi connectivity index (χ1) is 6.14. The van der Waals surface area contributed by atoms with Crippen LogP contribution >= 0.6 is 8.58 Å². The minimum Gasteiger partial charge on any atom is -0.478 e. The first-order valence-electron chi connectivity index (χ1n) is 4.21. The third kappa shape index (κ3) is 8.30. The van der Waals surface area contributed by atoms with Crippen LogP contribution in [0.25, 0.3) is 0 Å². The summed E-state index contributed by atoms with van der Waals surface area (Å²) in [5, 5.41) is 0. The summed E-state index contributed by atoms with van der Waals surface area (Å²) in [5.41, 5.74) is -0.754. The van der Waals surface area contributed by atoms with Gasteiger partial charge in [0.15, 0.2) is 0 Å². The van der Waals surface area contributed by atoms with Crippen molar-refractivity contribution in [2.75, 3.05) is 6.61 Å². The second kappa shape index (κ2) is 4.96. The van der Waals surface area contributed by atoms with Crippen LogP contribution in [0.1, 0.15) is 27.7 Å². The Labute approximate surface area is 83.7 Å². The molecule has 0 aliphatic rings. The molecular weight excluding hydrogens is 214 g/mol. The van der Waals surface area contributed by atoms with Crippen LogP contribution in [0.15, 0.2) is 4.99 Å². The lowest BCUT2D eigenvalue weighted by molar-refractivity contribution is -0.0360. The lowest BCUT2D eigenvalue weighted by Crippen LogP contribution is -2.16. The standard InChI is InChI=1S/C8H15F3NOP/c1-5-13-6(12-7(2,3)4)14-8(9,10)11/h14H,5H2,1-4H3. The molecule has 0 saturated carbocycles. The van der Waals surface area contributed by atoms with Crippen LogP contribution < -0.4 is 0 Å². The summed E-state index contributed by atoms with van der Waals surface area (Å²) in [4.78, 5) is 3.87. The second-order valence-corrected chi connectivity index (χ2v) is 4.89. The molecule has 0 saturated heterocycles. The van der Waals surface area contributed by atoms with E-state index in [2.05, 4.69) is 4.99 Å². The fraction of sp³-hybridized carbons (Fsp3) is 0.875. The highest BCUT2D eigenvalue weighted by Crippen LogP contribution is 2.38. The van der Waals surface area contributed by atoms with E-state index in [4.69, 9.17) is 4.74 Å². The van der Waals surface area contributed by atoms with E-state index >= 15 is 0 Å². The molecule has 0 aromatic heterocycles. The summed E-state index contributed by atoms with van der Waals surface area (Å²) in [6.45, 7) is 7.03. The van der Waals surface area contributed by atoms with Crippen LogP contribution in [0.5, 0.6) is 0 Å². The summed E-state index contributed by atoms with van der Waals surface area (Å²) in [7, 11) is -1.36. The zero-order valence-electron chi connectivity index (χ0n) is 8.70. The van der Waals surface area contributed by atoms with E-state index in [-0.39, 0.29) is 12.2 Å². The third-order valence-corrected chi connectivity index (χ3v) is 1.72. The molecular formula is C8H15F3NOP. The van der Waals surface area contributed by atoms with Gasteiger partial charge >= 0.3 is 5.92 Å². The van der Waals surface area contributed by atoms with Gasteiger partial charge in [-0.2, -0.15) is 13.2 Å². The number of hydrogen-bond donors (Lipinski definition) is 0. The van der Waals surface area contributed by atoms with E-state index < -0.39 is 20.0 Å². The van der Waals surface area contributed by atoms with Crippen molar-refractivity contribution < 1.29 is 17.9 Å². The molecule has 0 N–H and O–H groups in total. The lowest BCUT2D eigenvalue weighted by atomic mass is 10.1. The normalized spacial score (nSPS) is 15.2. The average Bonchev–Trinajstić information content (AvgIpc) is 1.78. The van der Waals surface area contributed by atoms with E-state index in [0.717, 1.165) is 0 Å². The van der Waals surface area contributed by atoms with Gasteiger partial charge in [0.05, 0.1) is 20.7 Å². The topological polar surface area (TPSA) is 21.6 Å². The highest BCUT2D eigenvalue weighted by atomic mass is 31.1. The highest BCUT2D eigenvalue weighted by molar-refractivity contribution is 7.58. The van der Waals surface area contributed by atoms with Gasteiger partial charge in [0.25, 0.3) is 0 Å². The van der Waals surface area contributed by atoms with E-state index in [0.29, 0.717) is 0 Å². The molecule has 84 valence electrons. The minimum atomic E-state index is -4.24. The van der Waals surface area contributed by atoms with Crippen molar-refractivity contribution >= 4 is 14.2 Å². The van der Waals surface area contributed by atoms with Gasteiger partial charge in [-0.25, -0.2) is 4.99 Å². The first-order valence-corrected chi connectivity index (χ1v) is 5.21. The number of ether oxygens (including phenoxy) is 1. The maximum Gasteiger partial charge on any atom is 0.411 e. The van der Waals surface area contributed by atoms with Gasteiger partial charge in [0, 0.05) is 0 Å². The van der Waals surface area contributed by atoms with Crippen LogP contribution in [-0.4, -0.2) is 23.7 Å². The smallest absolute Gasteiger partial charge is 0.411 e. The van der Waals surface area contributed by atoms with Gasteiger partial charge in [0.2, 0.25) is 5.64 Å². The van der Waals surface area contributed by atoms with Crippen LogP contribution in [-0.2, 0) is 4.74 Å². The summed E-state index contributed by atoms with van der Waals surface area (Å²) >= 11 is 0. The maximum atomic E-state index is 12.1. The first kappa shape index (κ1) is 13.7. The van der Waals surface area contributed by atoms with Crippen LogP contribution in [0.4, 0.5) is 13.2 Å². The molecule has 0 spiro atoms. The number of hydrogen-bond acceptors (Lipinski definition) is 2. The van der Waals surface area contributed by atoms with Gasteiger partial charge in [-0.05, 0) is 27.7 Å². The van der Waals surface area contributed by atoms with Gasteiger partial charge in [0.1, 0.15) is 0 Å². The van der Waals surface area contributed by atoms with Crippen molar-refractivity contribution in [1.82, 2.24) is 0 Å². The molecule has 14 heavy (non-hydrogen) atoms. The fourth-order valence-corrected chi connectivity index (χ4v) is 1.51. The van der Waals surface area contributed by atoms with Crippen LogP contribution in [0.3, 0.4) is 0 Å². The molecule has 6 heteroatoms. The molecule has 0 rings (SSSR count). The number of nitrogens with zero attached hydrogens (tertiary/aromatic N) is 1. The minimum absolute atomic E-state index is 0.206. The zero-order valence-corrected chi connectivity index (χ0v) is 9.70. The van der Waals surface area contributed by atoms with Crippen molar-refractivity contribution in [3.63, 3.8) is 0 Å². The molecule has 0 aliphatic carbocycles. The fourth-order valence-electron chi connectivity index (χ4n) is 0.659. The van der Waals surface area contributed by atoms with E-state index in [1.54, 1.807) is 27.7 Å². The van der Waals surface area contributed by atoms with E-state index in [1.807, 2.05) is 0 Å². The molecule has 1 atom stereocenters. The Bertz CT molecular complexity index is 208. The number of rotatable bonds is 2. The van der Waals surface area contributed by atoms with Gasteiger partial charge < -0.3 is 4.74 Å². The largest absolute Gasteiger partial charge is 0.478 e. The molecule has 0 amide bonds. The van der Waals surface area contributed by atoms with Crippen molar-refractivity contribution in [3.8, 4) is 0 Å². The molecule has 0 radical (unpaired) electrons.